The molecule has 0 aliphatic carbocycles. The minimum absolute atomic E-state index is 0.0301. The fourth-order valence-corrected chi connectivity index (χ4v) is 4.42. The van der Waals surface area contributed by atoms with Crippen molar-refractivity contribution in [2.45, 2.75) is 18.4 Å². The normalized spacial score (nSPS) is 16.7. The fraction of sp³-hybridized carbons (Fsp3) is 0.179. The highest BCUT2D eigenvalue weighted by Gasteiger charge is 2.37. The number of amides is 1. The highest BCUT2D eigenvalue weighted by Crippen LogP contribution is 2.38. The molecule has 0 bridgehead atoms. The molecular formula is C28H24ClNO2. The Bertz CT molecular complexity index is 1170. The molecule has 0 aromatic heterocycles. The Balaban J connectivity index is 1.23. The maximum absolute atomic E-state index is 12.6. The van der Waals surface area contributed by atoms with Gasteiger partial charge in [0.2, 0.25) is 5.91 Å². The maximum Gasteiger partial charge on any atom is 0.246 e. The third-order valence-corrected chi connectivity index (χ3v) is 6.46. The molecule has 0 N–H and O–H groups in total. The van der Waals surface area contributed by atoms with E-state index >= 15 is 0 Å². The third-order valence-electron chi connectivity index (χ3n) is 6.21. The van der Waals surface area contributed by atoms with Gasteiger partial charge in [-0.05, 0) is 53.1 Å². The smallest absolute Gasteiger partial charge is 0.246 e. The topological polar surface area (TPSA) is 29.5 Å². The summed E-state index contributed by atoms with van der Waals surface area (Å²) in [6.45, 7) is 1.34. The Kier molecular flexibility index (Phi) is 5.59. The highest BCUT2D eigenvalue weighted by atomic mass is 35.5. The van der Waals surface area contributed by atoms with E-state index in [4.69, 9.17) is 16.3 Å². The van der Waals surface area contributed by atoms with E-state index in [1.807, 2.05) is 41.3 Å². The summed E-state index contributed by atoms with van der Waals surface area (Å²) in [4.78, 5) is 14.5. The van der Waals surface area contributed by atoms with Crippen molar-refractivity contribution in [1.82, 2.24) is 4.90 Å². The van der Waals surface area contributed by atoms with E-state index in [1.54, 1.807) is 6.08 Å². The van der Waals surface area contributed by atoms with E-state index in [0.29, 0.717) is 18.1 Å². The number of fused-ring (bicyclic) bond motifs is 1. The molecule has 3 nitrogen and oxygen atoms in total. The zero-order valence-corrected chi connectivity index (χ0v) is 18.5. The molecule has 1 fully saturated rings. The van der Waals surface area contributed by atoms with Crippen LogP contribution < -0.4 is 4.74 Å². The number of halogens is 1. The van der Waals surface area contributed by atoms with Crippen LogP contribution in [0.25, 0.3) is 23.3 Å². The molecular weight excluding hydrogens is 418 g/mol. The summed E-state index contributed by atoms with van der Waals surface area (Å²) in [5.74, 6) is 0.942. The first kappa shape index (κ1) is 20.6. The Labute approximate surface area is 193 Å². The molecule has 1 spiro atoms. The lowest BCUT2D eigenvalue weighted by molar-refractivity contribution is -0.128. The molecule has 1 saturated heterocycles. The van der Waals surface area contributed by atoms with Crippen LogP contribution in [-0.4, -0.2) is 29.5 Å². The van der Waals surface area contributed by atoms with E-state index in [2.05, 4.69) is 54.6 Å². The van der Waals surface area contributed by atoms with Gasteiger partial charge in [-0.2, -0.15) is 0 Å². The SMILES string of the molecule is O=C(/C=C/c1ccc(Cl)cc1)N1CCC2(C=Cc3cc(-c4ccccc4)ccc3O2)CC1. The molecule has 3 aromatic carbocycles. The summed E-state index contributed by atoms with van der Waals surface area (Å²) in [5, 5.41) is 0.688. The van der Waals surface area contributed by atoms with Crippen molar-refractivity contribution < 1.29 is 9.53 Å². The van der Waals surface area contributed by atoms with Gasteiger partial charge in [-0.15, -0.1) is 0 Å². The van der Waals surface area contributed by atoms with Crippen LogP contribution in [0.15, 0.2) is 84.9 Å². The molecule has 2 aliphatic rings. The minimum Gasteiger partial charge on any atom is -0.482 e. The van der Waals surface area contributed by atoms with Crippen molar-refractivity contribution >= 4 is 29.7 Å². The first-order chi connectivity index (χ1) is 15.6. The van der Waals surface area contributed by atoms with E-state index in [9.17, 15) is 4.79 Å². The molecule has 0 radical (unpaired) electrons. The van der Waals surface area contributed by atoms with Gasteiger partial charge < -0.3 is 9.64 Å². The summed E-state index contributed by atoms with van der Waals surface area (Å²) >= 11 is 5.92. The summed E-state index contributed by atoms with van der Waals surface area (Å²) < 4.78 is 6.46. The lowest BCUT2D eigenvalue weighted by atomic mass is 9.87. The molecule has 3 aromatic rings. The van der Waals surface area contributed by atoms with Crippen LogP contribution in [0.4, 0.5) is 0 Å². The van der Waals surface area contributed by atoms with Crippen LogP contribution in [0, 0.1) is 0 Å². The number of ether oxygens (including phenoxy) is 1. The minimum atomic E-state index is -0.335. The molecule has 32 heavy (non-hydrogen) atoms. The van der Waals surface area contributed by atoms with Gasteiger partial charge in [0.05, 0.1) is 0 Å². The number of likely N-dealkylation sites (tertiary alicyclic amines) is 1. The van der Waals surface area contributed by atoms with Crippen LogP contribution in [-0.2, 0) is 4.79 Å². The van der Waals surface area contributed by atoms with Gasteiger partial charge in [-0.1, -0.05) is 66.2 Å². The maximum atomic E-state index is 12.6. The second-order valence-electron chi connectivity index (χ2n) is 8.33. The quantitative estimate of drug-likeness (QED) is 0.435. The molecule has 1 amide bonds. The predicted octanol–water partition coefficient (Wildman–Crippen LogP) is 6.49. The molecule has 2 heterocycles. The number of piperidine rings is 1. The van der Waals surface area contributed by atoms with Crippen LogP contribution in [0.2, 0.25) is 5.02 Å². The molecule has 5 rings (SSSR count). The van der Waals surface area contributed by atoms with Crippen LogP contribution >= 0.6 is 11.6 Å². The number of nitrogens with zero attached hydrogens (tertiary/aromatic N) is 1. The van der Waals surface area contributed by atoms with Crippen molar-refractivity contribution in [1.29, 1.82) is 0 Å². The Morgan fingerprint density at radius 3 is 2.44 bits per heavy atom. The molecule has 0 atom stereocenters. The van der Waals surface area contributed by atoms with Crippen LogP contribution in [0.1, 0.15) is 24.0 Å². The van der Waals surface area contributed by atoms with Gasteiger partial charge in [0.15, 0.2) is 0 Å². The zero-order chi connectivity index (χ0) is 22.0. The summed E-state index contributed by atoms with van der Waals surface area (Å²) in [6, 6.07) is 24.2. The first-order valence-electron chi connectivity index (χ1n) is 10.9. The van der Waals surface area contributed by atoms with Gasteiger partial charge >= 0.3 is 0 Å². The van der Waals surface area contributed by atoms with Gasteiger partial charge in [-0.25, -0.2) is 0 Å². The zero-order valence-electron chi connectivity index (χ0n) is 17.7. The Morgan fingerprint density at radius 1 is 0.938 bits per heavy atom. The average molecular weight is 442 g/mol. The molecule has 0 unspecified atom stereocenters. The summed E-state index contributed by atoms with van der Waals surface area (Å²) in [7, 11) is 0. The van der Waals surface area contributed by atoms with E-state index in [-0.39, 0.29) is 11.5 Å². The lowest BCUT2D eigenvalue weighted by Gasteiger charge is -2.41. The highest BCUT2D eigenvalue weighted by molar-refractivity contribution is 6.30. The Hall–Kier alpha value is -3.30. The number of carbonyl (C=O) groups excluding carboxylic acids is 1. The number of hydrogen-bond acceptors (Lipinski definition) is 2. The largest absolute Gasteiger partial charge is 0.482 e. The second kappa shape index (κ2) is 8.68. The second-order valence-corrected chi connectivity index (χ2v) is 8.77. The number of carbonyl (C=O) groups is 1. The van der Waals surface area contributed by atoms with Crippen molar-refractivity contribution in [2.24, 2.45) is 0 Å². The lowest BCUT2D eigenvalue weighted by Crippen LogP contribution is -2.49. The van der Waals surface area contributed by atoms with Crippen LogP contribution in [0.3, 0.4) is 0 Å². The van der Waals surface area contributed by atoms with Crippen molar-refractivity contribution in [3.05, 3.63) is 101 Å². The number of rotatable bonds is 3. The van der Waals surface area contributed by atoms with Crippen molar-refractivity contribution in [3.63, 3.8) is 0 Å². The van der Waals surface area contributed by atoms with Crippen molar-refractivity contribution in [3.8, 4) is 16.9 Å². The molecule has 160 valence electrons. The average Bonchev–Trinajstić information content (AvgIpc) is 2.84. The first-order valence-corrected chi connectivity index (χ1v) is 11.3. The fourth-order valence-electron chi connectivity index (χ4n) is 4.30. The Morgan fingerprint density at radius 2 is 1.69 bits per heavy atom. The van der Waals surface area contributed by atoms with E-state index < -0.39 is 0 Å². The van der Waals surface area contributed by atoms with E-state index in [1.165, 1.54) is 11.1 Å². The predicted molar refractivity (Wildman–Crippen MR) is 131 cm³/mol. The summed E-state index contributed by atoms with van der Waals surface area (Å²) in [6.07, 6.45) is 9.38. The standard InChI is InChI=1S/C28H24ClNO2/c29-25-10-6-21(7-11-25)8-13-27(31)30-18-16-28(17-19-30)15-14-24-20-23(9-12-26(24)32-28)22-4-2-1-3-5-22/h1-15,20H,16-19H2/b13-8+. The molecule has 4 heteroatoms. The number of benzene rings is 3. The van der Waals surface area contributed by atoms with Gasteiger partial charge in [-0.3, -0.25) is 4.79 Å². The van der Waals surface area contributed by atoms with Gasteiger partial charge in [0.1, 0.15) is 11.4 Å². The van der Waals surface area contributed by atoms with E-state index in [0.717, 1.165) is 29.7 Å². The monoisotopic (exact) mass is 441 g/mol. The van der Waals surface area contributed by atoms with Gasteiger partial charge in [0, 0.05) is 42.6 Å². The summed E-state index contributed by atoms with van der Waals surface area (Å²) in [5.41, 5.74) is 4.10. The molecule has 0 saturated carbocycles. The van der Waals surface area contributed by atoms with Gasteiger partial charge in [0.25, 0.3) is 0 Å². The van der Waals surface area contributed by atoms with Crippen molar-refractivity contribution in [2.75, 3.05) is 13.1 Å². The third kappa shape index (κ3) is 4.35. The number of hydrogen-bond donors (Lipinski definition) is 0. The van der Waals surface area contributed by atoms with Crippen LogP contribution in [0.5, 0.6) is 5.75 Å². The molecule has 2 aliphatic heterocycles.